The van der Waals surface area contributed by atoms with E-state index in [4.69, 9.17) is 4.74 Å². The fourth-order valence-electron chi connectivity index (χ4n) is 2.65. The van der Waals surface area contributed by atoms with Crippen LogP contribution in [0.25, 0.3) is 11.4 Å². The SMILES string of the molecule is CCCCCCNc1ccnc(-c2ccc(C)c(OC=O)c2C)n1.CNC. The zero-order chi connectivity index (χ0) is 20.1. The van der Waals surface area contributed by atoms with Crippen molar-refractivity contribution < 1.29 is 9.53 Å². The monoisotopic (exact) mass is 372 g/mol. The summed E-state index contributed by atoms with van der Waals surface area (Å²) in [5.41, 5.74) is 2.64. The molecule has 2 rings (SSSR count). The molecule has 0 aliphatic rings. The van der Waals surface area contributed by atoms with E-state index in [1.807, 2.05) is 46.1 Å². The highest BCUT2D eigenvalue weighted by Gasteiger charge is 2.12. The van der Waals surface area contributed by atoms with Gasteiger partial charge in [-0.15, -0.1) is 0 Å². The fraction of sp³-hybridized carbons (Fsp3) is 0.476. The number of carbonyl (C=O) groups excluding carboxylic acids is 1. The van der Waals surface area contributed by atoms with Crippen LogP contribution in [0.2, 0.25) is 0 Å². The summed E-state index contributed by atoms with van der Waals surface area (Å²) in [6.45, 7) is 7.38. The molecule has 6 nitrogen and oxygen atoms in total. The molecule has 0 spiro atoms. The van der Waals surface area contributed by atoms with E-state index in [0.717, 1.165) is 35.5 Å². The summed E-state index contributed by atoms with van der Waals surface area (Å²) < 4.78 is 5.11. The first-order valence-electron chi connectivity index (χ1n) is 9.45. The largest absolute Gasteiger partial charge is 0.428 e. The molecule has 1 heterocycles. The van der Waals surface area contributed by atoms with E-state index >= 15 is 0 Å². The van der Waals surface area contributed by atoms with Gasteiger partial charge >= 0.3 is 0 Å². The Morgan fingerprint density at radius 2 is 1.85 bits per heavy atom. The normalized spacial score (nSPS) is 9.96. The Morgan fingerprint density at radius 1 is 1.11 bits per heavy atom. The van der Waals surface area contributed by atoms with Gasteiger partial charge < -0.3 is 15.4 Å². The molecule has 0 saturated carbocycles. The zero-order valence-corrected chi connectivity index (χ0v) is 17.1. The van der Waals surface area contributed by atoms with E-state index in [2.05, 4.69) is 27.5 Å². The first kappa shape index (κ1) is 22.6. The number of unbranched alkanes of at least 4 members (excludes halogenated alkanes) is 3. The molecule has 0 bridgehead atoms. The molecule has 0 aliphatic carbocycles. The number of hydrogen-bond acceptors (Lipinski definition) is 6. The Morgan fingerprint density at radius 3 is 2.52 bits per heavy atom. The Labute approximate surface area is 162 Å². The maximum Gasteiger partial charge on any atom is 0.298 e. The van der Waals surface area contributed by atoms with Crippen molar-refractivity contribution in [1.82, 2.24) is 15.3 Å². The van der Waals surface area contributed by atoms with Crippen molar-refractivity contribution in [2.24, 2.45) is 0 Å². The van der Waals surface area contributed by atoms with Crippen molar-refractivity contribution in [2.75, 3.05) is 26.0 Å². The molecular formula is C21H32N4O2. The van der Waals surface area contributed by atoms with Crippen LogP contribution in [0.3, 0.4) is 0 Å². The molecule has 0 amide bonds. The lowest BCUT2D eigenvalue weighted by Gasteiger charge is -2.12. The number of aromatic nitrogens is 2. The van der Waals surface area contributed by atoms with Gasteiger partial charge in [0.15, 0.2) is 5.82 Å². The third kappa shape index (κ3) is 7.35. The van der Waals surface area contributed by atoms with E-state index < -0.39 is 0 Å². The van der Waals surface area contributed by atoms with Crippen LogP contribution in [0.1, 0.15) is 43.7 Å². The van der Waals surface area contributed by atoms with E-state index in [1.165, 1.54) is 19.3 Å². The summed E-state index contributed by atoms with van der Waals surface area (Å²) in [7, 11) is 3.75. The van der Waals surface area contributed by atoms with Gasteiger partial charge in [0.1, 0.15) is 11.6 Å². The number of nitrogens with one attached hydrogen (secondary N) is 2. The van der Waals surface area contributed by atoms with Gasteiger partial charge in [-0.25, -0.2) is 9.97 Å². The molecule has 148 valence electrons. The third-order valence-corrected chi connectivity index (χ3v) is 4.00. The highest BCUT2D eigenvalue weighted by atomic mass is 16.5. The maximum atomic E-state index is 10.7. The molecule has 0 fully saturated rings. The number of rotatable bonds is 9. The van der Waals surface area contributed by atoms with Crippen LogP contribution >= 0.6 is 0 Å². The summed E-state index contributed by atoms with van der Waals surface area (Å²) in [5, 5.41) is 6.10. The van der Waals surface area contributed by atoms with E-state index in [-0.39, 0.29) is 0 Å². The molecule has 27 heavy (non-hydrogen) atoms. The average molecular weight is 373 g/mol. The van der Waals surface area contributed by atoms with Gasteiger partial charge in [0.25, 0.3) is 6.47 Å². The van der Waals surface area contributed by atoms with Gasteiger partial charge in [-0.3, -0.25) is 4.79 Å². The fourth-order valence-corrected chi connectivity index (χ4v) is 2.65. The molecule has 0 unspecified atom stereocenters. The van der Waals surface area contributed by atoms with E-state index in [1.54, 1.807) is 6.20 Å². The number of hydrogen-bond donors (Lipinski definition) is 2. The second-order valence-electron chi connectivity index (χ2n) is 6.35. The van der Waals surface area contributed by atoms with Crippen LogP contribution in [-0.2, 0) is 4.79 Å². The smallest absolute Gasteiger partial charge is 0.298 e. The van der Waals surface area contributed by atoms with Crippen molar-refractivity contribution >= 4 is 12.3 Å². The summed E-state index contributed by atoms with van der Waals surface area (Å²) >= 11 is 0. The van der Waals surface area contributed by atoms with Crippen molar-refractivity contribution in [2.45, 2.75) is 46.5 Å². The average Bonchev–Trinajstić information content (AvgIpc) is 2.66. The van der Waals surface area contributed by atoms with Crippen LogP contribution in [-0.4, -0.2) is 37.1 Å². The minimum Gasteiger partial charge on any atom is -0.428 e. The second-order valence-corrected chi connectivity index (χ2v) is 6.35. The molecule has 0 saturated heterocycles. The van der Waals surface area contributed by atoms with Crippen molar-refractivity contribution in [3.63, 3.8) is 0 Å². The molecule has 0 radical (unpaired) electrons. The van der Waals surface area contributed by atoms with Gasteiger partial charge in [0.05, 0.1) is 0 Å². The number of ether oxygens (including phenoxy) is 1. The number of benzene rings is 1. The maximum absolute atomic E-state index is 10.7. The van der Waals surface area contributed by atoms with Crippen molar-refractivity contribution in [1.29, 1.82) is 0 Å². The molecule has 6 heteroatoms. The van der Waals surface area contributed by atoms with Crippen LogP contribution < -0.4 is 15.4 Å². The number of aryl methyl sites for hydroxylation is 1. The Bertz CT molecular complexity index is 705. The first-order valence-corrected chi connectivity index (χ1v) is 9.45. The molecule has 0 aliphatic heterocycles. The Hall–Kier alpha value is -2.47. The Balaban J connectivity index is 0.00000114. The van der Waals surface area contributed by atoms with Gasteiger partial charge in [-0.2, -0.15) is 0 Å². The van der Waals surface area contributed by atoms with Crippen LogP contribution in [0.5, 0.6) is 5.75 Å². The minimum absolute atomic E-state index is 0.453. The first-order chi connectivity index (χ1) is 13.1. The predicted octanol–water partition coefficient (Wildman–Crippen LogP) is 4.12. The highest BCUT2D eigenvalue weighted by molar-refractivity contribution is 5.67. The lowest BCUT2D eigenvalue weighted by molar-refractivity contribution is -0.120. The molecule has 0 atom stereocenters. The van der Waals surface area contributed by atoms with Gasteiger partial charge in [0.2, 0.25) is 0 Å². The molecular weight excluding hydrogens is 340 g/mol. The predicted molar refractivity (Wildman–Crippen MR) is 111 cm³/mol. The van der Waals surface area contributed by atoms with Crippen LogP contribution in [0, 0.1) is 13.8 Å². The minimum atomic E-state index is 0.453. The molecule has 2 aromatic rings. The second kappa shape index (κ2) is 12.8. The summed E-state index contributed by atoms with van der Waals surface area (Å²) in [4.78, 5) is 19.7. The highest BCUT2D eigenvalue weighted by Crippen LogP contribution is 2.31. The lowest BCUT2D eigenvalue weighted by Crippen LogP contribution is -2.05. The summed E-state index contributed by atoms with van der Waals surface area (Å²) in [6.07, 6.45) is 6.60. The van der Waals surface area contributed by atoms with E-state index in [9.17, 15) is 4.79 Å². The zero-order valence-electron chi connectivity index (χ0n) is 17.1. The van der Waals surface area contributed by atoms with Gasteiger partial charge in [-0.1, -0.05) is 38.3 Å². The number of nitrogens with zero attached hydrogens (tertiary/aromatic N) is 2. The van der Waals surface area contributed by atoms with Gasteiger partial charge in [-0.05, 0) is 46.0 Å². The van der Waals surface area contributed by atoms with Gasteiger partial charge in [0, 0.05) is 23.9 Å². The number of carbonyl (C=O) groups is 1. The molecule has 1 aromatic carbocycles. The lowest BCUT2D eigenvalue weighted by atomic mass is 10.0. The van der Waals surface area contributed by atoms with E-state index in [0.29, 0.717) is 18.0 Å². The van der Waals surface area contributed by atoms with Crippen LogP contribution in [0.15, 0.2) is 24.4 Å². The summed E-state index contributed by atoms with van der Waals surface area (Å²) in [5.74, 6) is 2.01. The third-order valence-electron chi connectivity index (χ3n) is 4.00. The van der Waals surface area contributed by atoms with Crippen molar-refractivity contribution in [3.8, 4) is 17.1 Å². The van der Waals surface area contributed by atoms with Crippen molar-refractivity contribution in [3.05, 3.63) is 35.5 Å². The number of anilines is 1. The quantitative estimate of drug-likeness (QED) is 0.509. The Kier molecular flexibility index (Phi) is 10.7. The molecule has 2 N–H and O–H groups in total. The molecule has 1 aromatic heterocycles. The summed E-state index contributed by atoms with van der Waals surface area (Å²) in [6, 6.07) is 5.74. The standard InChI is InChI=1S/C19H25N3O2.C2H7N/c1-4-5-6-7-11-20-17-10-12-21-19(22-17)16-9-8-14(2)18(15(16)3)24-13-23;1-3-2/h8-10,12-13H,4-7,11H2,1-3H3,(H,20,21,22);3H,1-2H3. The topological polar surface area (TPSA) is 76.1 Å². The van der Waals surface area contributed by atoms with Crippen LogP contribution in [0.4, 0.5) is 5.82 Å².